The summed E-state index contributed by atoms with van der Waals surface area (Å²) >= 11 is 0. The van der Waals surface area contributed by atoms with Crippen molar-refractivity contribution in [1.29, 1.82) is 0 Å². The minimum absolute atomic E-state index is 0.0776. The molecule has 1 unspecified atom stereocenters. The second kappa shape index (κ2) is 5.16. The summed E-state index contributed by atoms with van der Waals surface area (Å²) in [7, 11) is 1.47. The van der Waals surface area contributed by atoms with Gasteiger partial charge in [0.05, 0.1) is 7.11 Å². The molecule has 6 nitrogen and oxygen atoms in total. The molecule has 1 amide bonds. The Hall–Kier alpha value is -1.59. The standard InChI is InChI=1S/C11H20N4O2/c1-7(11(2,3)4)6-8(16)12-9-13-10(17-5)15-14-9/h7H,6H2,1-5H3,(H2,12,13,14,15,16). The second-order valence-electron chi connectivity index (χ2n) is 5.19. The van der Waals surface area contributed by atoms with Crippen LogP contribution >= 0.6 is 0 Å². The molecule has 96 valence electrons. The quantitative estimate of drug-likeness (QED) is 0.841. The lowest BCUT2D eigenvalue weighted by atomic mass is 9.80. The molecule has 1 aromatic heterocycles. The van der Waals surface area contributed by atoms with Crippen LogP contribution < -0.4 is 10.1 Å². The highest BCUT2D eigenvalue weighted by molar-refractivity contribution is 5.89. The number of hydrogen-bond acceptors (Lipinski definition) is 4. The average Bonchev–Trinajstić information content (AvgIpc) is 2.63. The van der Waals surface area contributed by atoms with Crippen LogP contribution in [0.4, 0.5) is 5.95 Å². The Bertz CT molecular complexity index is 381. The van der Waals surface area contributed by atoms with Crippen LogP contribution in [0, 0.1) is 11.3 Å². The number of carbonyl (C=O) groups is 1. The zero-order chi connectivity index (χ0) is 13.1. The molecule has 2 N–H and O–H groups in total. The number of nitrogens with one attached hydrogen (secondary N) is 2. The molecular formula is C11H20N4O2. The van der Waals surface area contributed by atoms with Gasteiger partial charge in [-0.25, -0.2) is 5.10 Å². The SMILES string of the molecule is COc1n[nH]c(NC(=O)CC(C)C(C)(C)C)n1. The number of methoxy groups -OCH3 is 1. The normalized spacial score (nSPS) is 13.2. The van der Waals surface area contributed by atoms with Crippen molar-refractivity contribution >= 4 is 11.9 Å². The summed E-state index contributed by atoms with van der Waals surface area (Å²) in [6, 6.07) is 0.212. The number of rotatable bonds is 4. The summed E-state index contributed by atoms with van der Waals surface area (Å²) in [5.74, 6) is 0.520. The lowest BCUT2D eigenvalue weighted by molar-refractivity contribution is -0.117. The molecule has 0 aliphatic rings. The molecule has 0 aliphatic carbocycles. The van der Waals surface area contributed by atoms with Gasteiger partial charge in [-0.1, -0.05) is 27.7 Å². The van der Waals surface area contributed by atoms with Gasteiger partial charge in [0.2, 0.25) is 11.9 Å². The van der Waals surface area contributed by atoms with Gasteiger partial charge >= 0.3 is 6.01 Å². The van der Waals surface area contributed by atoms with Crippen LogP contribution in [0.2, 0.25) is 0 Å². The van der Waals surface area contributed by atoms with Crippen LogP contribution in [0.5, 0.6) is 6.01 Å². The lowest BCUT2D eigenvalue weighted by Gasteiger charge is -2.26. The number of nitrogens with zero attached hydrogens (tertiary/aromatic N) is 2. The highest BCUT2D eigenvalue weighted by Gasteiger charge is 2.22. The van der Waals surface area contributed by atoms with Gasteiger partial charge in [-0.15, -0.1) is 5.10 Å². The fourth-order valence-corrected chi connectivity index (χ4v) is 1.16. The van der Waals surface area contributed by atoms with Gasteiger partial charge in [-0.3, -0.25) is 10.1 Å². The summed E-state index contributed by atoms with van der Waals surface area (Å²) < 4.78 is 4.81. The number of hydrogen-bond donors (Lipinski definition) is 2. The van der Waals surface area contributed by atoms with Crippen LogP contribution in [0.15, 0.2) is 0 Å². The zero-order valence-electron chi connectivity index (χ0n) is 11.0. The molecule has 0 bridgehead atoms. The van der Waals surface area contributed by atoms with Gasteiger partial charge in [0.15, 0.2) is 0 Å². The molecule has 0 aliphatic heterocycles. The third kappa shape index (κ3) is 4.05. The zero-order valence-corrected chi connectivity index (χ0v) is 11.0. The maximum atomic E-state index is 11.7. The summed E-state index contributed by atoms with van der Waals surface area (Å²) in [4.78, 5) is 15.6. The lowest BCUT2D eigenvalue weighted by Crippen LogP contribution is -2.24. The van der Waals surface area contributed by atoms with Gasteiger partial charge < -0.3 is 4.74 Å². The number of aromatic amines is 1. The highest BCUT2D eigenvalue weighted by atomic mass is 16.5. The molecule has 1 atom stereocenters. The molecule has 1 aromatic rings. The van der Waals surface area contributed by atoms with Gasteiger partial charge in [-0.2, -0.15) is 4.98 Å². The van der Waals surface area contributed by atoms with E-state index < -0.39 is 0 Å². The van der Waals surface area contributed by atoms with Crippen molar-refractivity contribution in [2.24, 2.45) is 11.3 Å². The van der Waals surface area contributed by atoms with Crippen molar-refractivity contribution in [2.45, 2.75) is 34.1 Å². The summed E-state index contributed by atoms with van der Waals surface area (Å²) in [5.41, 5.74) is 0.108. The Labute approximate surface area is 101 Å². The minimum Gasteiger partial charge on any atom is -0.466 e. The summed E-state index contributed by atoms with van der Waals surface area (Å²) in [6.07, 6.45) is 0.451. The molecule has 0 aromatic carbocycles. The van der Waals surface area contributed by atoms with Crippen LogP contribution in [0.3, 0.4) is 0 Å². The molecule has 0 radical (unpaired) electrons. The number of H-pyrrole nitrogens is 1. The topological polar surface area (TPSA) is 79.9 Å². The molecule has 0 saturated carbocycles. The van der Waals surface area contributed by atoms with E-state index in [4.69, 9.17) is 4.74 Å². The van der Waals surface area contributed by atoms with E-state index in [1.54, 1.807) is 0 Å². The highest BCUT2D eigenvalue weighted by Crippen LogP contribution is 2.28. The molecule has 1 rings (SSSR count). The van der Waals surface area contributed by atoms with Crippen LogP contribution in [0.1, 0.15) is 34.1 Å². The van der Waals surface area contributed by atoms with E-state index in [2.05, 4.69) is 48.2 Å². The van der Waals surface area contributed by atoms with E-state index in [0.29, 0.717) is 12.4 Å². The predicted molar refractivity (Wildman–Crippen MR) is 64.8 cm³/mol. The Kier molecular flexibility index (Phi) is 4.09. The Morgan fingerprint density at radius 3 is 2.65 bits per heavy atom. The maximum absolute atomic E-state index is 11.7. The predicted octanol–water partition coefficient (Wildman–Crippen LogP) is 1.82. The molecular weight excluding hydrogens is 220 g/mol. The van der Waals surface area contributed by atoms with Gasteiger partial charge in [0.25, 0.3) is 0 Å². The maximum Gasteiger partial charge on any atom is 0.336 e. The van der Waals surface area contributed by atoms with E-state index in [1.165, 1.54) is 7.11 Å². The van der Waals surface area contributed by atoms with Crippen molar-refractivity contribution in [2.75, 3.05) is 12.4 Å². The van der Waals surface area contributed by atoms with Crippen LogP contribution in [0.25, 0.3) is 0 Å². The van der Waals surface area contributed by atoms with E-state index in [0.717, 1.165) is 0 Å². The fraction of sp³-hybridized carbons (Fsp3) is 0.727. The first-order valence-corrected chi connectivity index (χ1v) is 5.59. The molecule has 1 heterocycles. The second-order valence-corrected chi connectivity index (χ2v) is 5.19. The van der Waals surface area contributed by atoms with Crippen molar-refractivity contribution in [3.63, 3.8) is 0 Å². The van der Waals surface area contributed by atoms with Gasteiger partial charge in [0.1, 0.15) is 0 Å². The molecule has 6 heteroatoms. The van der Waals surface area contributed by atoms with Crippen molar-refractivity contribution in [3.8, 4) is 6.01 Å². The van der Waals surface area contributed by atoms with E-state index in [-0.39, 0.29) is 23.3 Å². The third-order valence-corrected chi connectivity index (χ3v) is 2.88. The van der Waals surface area contributed by atoms with Gasteiger partial charge in [-0.05, 0) is 11.3 Å². The largest absolute Gasteiger partial charge is 0.466 e. The minimum atomic E-state index is -0.0776. The Morgan fingerprint density at radius 2 is 2.18 bits per heavy atom. The average molecular weight is 240 g/mol. The van der Waals surface area contributed by atoms with Crippen LogP contribution in [-0.4, -0.2) is 28.2 Å². The monoisotopic (exact) mass is 240 g/mol. The van der Waals surface area contributed by atoms with E-state index >= 15 is 0 Å². The van der Waals surface area contributed by atoms with Gasteiger partial charge in [0, 0.05) is 6.42 Å². The van der Waals surface area contributed by atoms with E-state index in [1.807, 2.05) is 0 Å². The van der Waals surface area contributed by atoms with E-state index in [9.17, 15) is 4.79 Å². The summed E-state index contributed by atoms with van der Waals surface area (Å²) in [5, 5.41) is 8.98. The van der Waals surface area contributed by atoms with Crippen LogP contribution in [-0.2, 0) is 4.79 Å². The number of ether oxygens (including phenoxy) is 1. The van der Waals surface area contributed by atoms with Crippen molar-refractivity contribution in [1.82, 2.24) is 15.2 Å². The summed E-state index contributed by atoms with van der Waals surface area (Å²) in [6.45, 7) is 8.40. The molecule has 17 heavy (non-hydrogen) atoms. The van der Waals surface area contributed by atoms with Crippen molar-refractivity contribution < 1.29 is 9.53 Å². The first-order valence-electron chi connectivity index (χ1n) is 5.59. The first-order chi connectivity index (χ1) is 7.82. The Morgan fingerprint density at radius 1 is 1.53 bits per heavy atom. The fourth-order valence-electron chi connectivity index (χ4n) is 1.16. The first kappa shape index (κ1) is 13.5. The molecule has 0 spiro atoms. The molecule has 0 saturated heterocycles. The van der Waals surface area contributed by atoms with Crippen molar-refractivity contribution in [3.05, 3.63) is 0 Å². The number of anilines is 1. The number of amides is 1. The smallest absolute Gasteiger partial charge is 0.336 e. The Balaban J connectivity index is 2.50. The number of carbonyl (C=O) groups excluding carboxylic acids is 1. The molecule has 0 fully saturated rings. The number of aromatic nitrogens is 3. The third-order valence-electron chi connectivity index (χ3n) is 2.88.